The van der Waals surface area contributed by atoms with Gasteiger partial charge >= 0.3 is 6.09 Å². The van der Waals surface area contributed by atoms with Crippen LogP contribution < -0.4 is 5.32 Å². The lowest BCUT2D eigenvalue weighted by atomic mass is 9.83. The Bertz CT molecular complexity index is 895. The Hall–Kier alpha value is -2.64. The van der Waals surface area contributed by atoms with Crippen LogP contribution in [0, 0.1) is 11.6 Å². The number of ether oxygens (including phenoxy) is 1. The van der Waals surface area contributed by atoms with Crippen molar-refractivity contribution in [3.63, 3.8) is 0 Å². The van der Waals surface area contributed by atoms with Gasteiger partial charge in [0, 0.05) is 36.1 Å². The zero-order valence-corrected chi connectivity index (χ0v) is 16.7. The zero-order chi connectivity index (χ0) is 21.7. The van der Waals surface area contributed by atoms with Crippen LogP contribution in [0.3, 0.4) is 0 Å². The standard InChI is InChI=1S/C22H24F4N2O2/c1-2-3-12-30-21(29)28-20-16(17-13-15(23)4-5-18(17)24)8-11-27-19(20)14-6-9-22(25,26)10-7-14/h4-5,8,11,13-14H,2-3,6-7,9-10,12H2,1H3,(H,28,29). The summed E-state index contributed by atoms with van der Waals surface area (Å²) in [6.07, 6.45) is 1.93. The summed E-state index contributed by atoms with van der Waals surface area (Å²) in [5.41, 5.74) is 0.711. The molecule has 0 saturated heterocycles. The van der Waals surface area contributed by atoms with E-state index in [0.29, 0.717) is 12.1 Å². The third kappa shape index (κ3) is 5.29. The lowest BCUT2D eigenvalue weighted by molar-refractivity contribution is -0.0384. The number of nitrogens with one attached hydrogen (secondary N) is 1. The van der Waals surface area contributed by atoms with Gasteiger partial charge in [-0.1, -0.05) is 13.3 Å². The summed E-state index contributed by atoms with van der Waals surface area (Å²) in [5.74, 6) is -4.38. The number of hydrogen-bond acceptors (Lipinski definition) is 3. The minimum Gasteiger partial charge on any atom is -0.449 e. The van der Waals surface area contributed by atoms with Crippen LogP contribution >= 0.6 is 0 Å². The quantitative estimate of drug-likeness (QED) is 0.416. The first kappa shape index (κ1) is 22.1. The van der Waals surface area contributed by atoms with Crippen LogP contribution in [-0.2, 0) is 4.74 Å². The molecule has 1 saturated carbocycles. The molecule has 162 valence electrons. The van der Waals surface area contributed by atoms with Gasteiger partial charge in [0.25, 0.3) is 0 Å². The van der Waals surface area contributed by atoms with Crippen molar-refractivity contribution in [3.8, 4) is 11.1 Å². The molecule has 0 aliphatic heterocycles. The van der Waals surface area contributed by atoms with E-state index >= 15 is 0 Å². The van der Waals surface area contributed by atoms with Gasteiger partial charge in [-0.15, -0.1) is 0 Å². The minimum absolute atomic E-state index is 0.0522. The van der Waals surface area contributed by atoms with Crippen molar-refractivity contribution in [1.29, 1.82) is 0 Å². The number of amides is 1. The van der Waals surface area contributed by atoms with E-state index in [2.05, 4.69) is 10.3 Å². The highest BCUT2D eigenvalue weighted by atomic mass is 19.3. The SMILES string of the molecule is CCCCOC(=O)Nc1c(-c2cc(F)ccc2F)ccnc1C1CCC(F)(F)CC1. The molecule has 1 N–H and O–H groups in total. The maximum absolute atomic E-state index is 14.5. The minimum atomic E-state index is -2.73. The molecule has 1 aromatic heterocycles. The van der Waals surface area contributed by atoms with Gasteiger partial charge in [0.15, 0.2) is 0 Å². The van der Waals surface area contributed by atoms with Crippen molar-refractivity contribution < 1.29 is 27.1 Å². The number of anilines is 1. The first-order valence-corrected chi connectivity index (χ1v) is 10.1. The highest BCUT2D eigenvalue weighted by Gasteiger charge is 2.37. The number of unbranched alkanes of at least 4 members (excludes halogenated alkanes) is 1. The molecule has 0 atom stereocenters. The van der Waals surface area contributed by atoms with E-state index in [1.807, 2.05) is 6.92 Å². The van der Waals surface area contributed by atoms with E-state index in [1.165, 1.54) is 12.3 Å². The number of aromatic nitrogens is 1. The molecule has 1 heterocycles. The fraction of sp³-hybridized carbons (Fsp3) is 0.455. The summed E-state index contributed by atoms with van der Waals surface area (Å²) in [6.45, 7) is 2.15. The number of halogens is 4. The molecule has 3 rings (SSSR count). The van der Waals surface area contributed by atoms with E-state index in [9.17, 15) is 22.4 Å². The van der Waals surface area contributed by atoms with Gasteiger partial charge in [-0.25, -0.2) is 22.4 Å². The zero-order valence-electron chi connectivity index (χ0n) is 16.7. The number of alkyl halides is 2. The predicted octanol–water partition coefficient (Wildman–Crippen LogP) is 6.67. The van der Waals surface area contributed by atoms with E-state index in [1.54, 1.807) is 0 Å². The molecule has 0 unspecified atom stereocenters. The summed E-state index contributed by atoms with van der Waals surface area (Å²) >= 11 is 0. The first-order valence-electron chi connectivity index (χ1n) is 10.1. The second kappa shape index (κ2) is 9.45. The number of benzene rings is 1. The maximum atomic E-state index is 14.5. The van der Waals surface area contributed by atoms with Crippen LogP contribution in [0.4, 0.5) is 28.0 Å². The molecule has 8 heteroatoms. The third-order valence-corrected chi connectivity index (χ3v) is 5.26. The Kier molecular flexibility index (Phi) is 6.95. The summed E-state index contributed by atoms with van der Waals surface area (Å²) in [6, 6.07) is 4.48. The topological polar surface area (TPSA) is 51.2 Å². The largest absolute Gasteiger partial charge is 0.449 e. The summed E-state index contributed by atoms with van der Waals surface area (Å²) in [5, 5.41) is 2.60. The molecule has 2 aromatic rings. The van der Waals surface area contributed by atoms with Crippen molar-refractivity contribution in [2.75, 3.05) is 11.9 Å². The van der Waals surface area contributed by atoms with Gasteiger partial charge < -0.3 is 4.74 Å². The Morgan fingerprint density at radius 3 is 2.63 bits per heavy atom. The first-order chi connectivity index (χ1) is 14.3. The molecule has 0 radical (unpaired) electrons. The average Bonchev–Trinajstić information content (AvgIpc) is 2.70. The van der Waals surface area contributed by atoms with Gasteiger partial charge in [0.2, 0.25) is 5.92 Å². The molecular weight excluding hydrogens is 400 g/mol. The van der Waals surface area contributed by atoms with Crippen LogP contribution in [0.5, 0.6) is 0 Å². The van der Waals surface area contributed by atoms with Crippen LogP contribution in [0.2, 0.25) is 0 Å². The monoisotopic (exact) mass is 424 g/mol. The lowest BCUT2D eigenvalue weighted by Crippen LogP contribution is -2.25. The van der Waals surface area contributed by atoms with Crippen molar-refractivity contribution >= 4 is 11.8 Å². The molecule has 0 spiro atoms. The highest BCUT2D eigenvalue weighted by Crippen LogP contribution is 2.44. The Morgan fingerprint density at radius 1 is 1.20 bits per heavy atom. The molecular formula is C22H24F4N2O2. The van der Waals surface area contributed by atoms with E-state index in [4.69, 9.17) is 4.74 Å². The summed E-state index contributed by atoms with van der Waals surface area (Å²) < 4.78 is 60.6. The molecule has 1 aliphatic rings. The number of carbonyl (C=O) groups excluding carboxylic acids is 1. The fourth-order valence-electron chi connectivity index (χ4n) is 3.61. The average molecular weight is 424 g/mol. The van der Waals surface area contributed by atoms with Crippen LogP contribution in [0.25, 0.3) is 11.1 Å². The molecule has 1 aliphatic carbocycles. The molecule has 1 amide bonds. The maximum Gasteiger partial charge on any atom is 0.411 e. The number of pyridine rings is 1. The third-order valence-electron chi connectivity index (χ3n) is 5.26. The Morgan fingerprint density at radius 2 is 1.93 bits per heavy atom. The van der Waals surface area contributed by atoms with Crippen molar-refractivity contribution in [3.05, 3.63) is 47.8 Å². The fourth-order valence-corrected chi connectivity index (χ4v) is 3.61. The predicted molar refractivity (Wildman–Crippen MR) is 106 cm³/mol. The second-order valence-electron chi connectivity index (χ2n) is 7.49. The van der Waals surface area contributed by atoms with E-state index in [-0.39, 0.29) is 55.0 Å². The highest BCUT2D eigenvalue weighted by molar-refractivity contribution is 5.92. The number of rotatable bonds is 6. The normalized spacial score (nSPS) is 16.3. The number of carbonyl (C=O) groups is 1. The van der Waals surface area contributed by atoms with Crippen molar-refractivity contribution in [2.24, 2.45) is 0 Å². The van der Waals surface area contributed by atoms with E-state index < -0.39 is 23.7 Å². The second-order valence-corrected chi connectivity index (χ2v) is 7.49. The van der Waals surface area contributed by atoms with Gasteiger partial charge in [-0.2, -0.15) is 0 Å². The number of nitrogens with zero attached hydrogens (tertiary/aromatic N) is 1. The van der Waals surface area contributed by atoms with Gasteiger partial charge in [0.05, 0.1) is 18.0 Å². The summed E-state index contributed by atoms with van der Waals surface area (Å²) in [4.78, 5) is 16.6. The van der Waals surface area contributed by atoms with Crippen LogP contribution in [-0.4, -0.2) is 23.6 Å². The van der Waals surface area contributed by atoms with Gasteiger partial charge in [-0.05, 0) is 43.5 Å². The molecule has 0 bridgehead atoms. The van der Waals surface area contributed by atoms with Crippen LogP contribution in [0.15, 0.2) is 30.5 Å². The van der Waals surface area contributed by atoms with Gasteiger partial charge in [-0.3, -0.25) is 10.3 Å². The van der Waals surface area contributed by atoms with E-state index in [0.717, 1.165) is 24.6 Å². The van der Waals surface area contributed by atoms with Gasteiger partial charge in [0.1, 0.15) is 11.6 Å². The Labute approximate surface area is 172 Å². The summed E-state index contributed by atoms with van der Waals surface area (Å²) in [7, 11) is 0. The molecule has 1 aromatic carbocycles. The number of hydrogen-bond donors (Lipinski definition) is 1. The van der Waals surface area contributed by atoms with Crippen molar-refractivity contribution in [2.45, 2.75) is 57.3 Å². The molecule has 1 fully saturated rings. The molecule has 4 nitrogen and oxygen atoms in total. The molecule has 30 heavy (non-hydrogen) atoms. The Balaban J connectivity index is 1.99. The van der Waals surface area contributed by atoms with Crippen molar-refractivity contribution in [1.82, 2.24) is 4.98 Å². The smallest absolute Gasteiger partial charge is 0.411 e. The van der Waals surface area contributed by atoms with Crippen LogP contribution in [0.1, 0.15) is 57.1 Å². The lowest BCUT2D eigenvalue weighted by Gasteiger charge is -2.29.